The van der Waals surface area contributed by atoms with Crippen molar-refractivity contribution in [1.82, 2.24) is 19.6 Å². The van der Waals surface area contributed by atoms with E-state index in [2.05, 4.69) is 27.4 Å². The number of nitrogens with zero attached hydrogens (tertiary/aromatic N) is 4. The molecule has 1 unspecified atom stereocenters. The standard InChI is InChI=1S/C16H16ClN5/c1-10(11-4-6-13(17)7-5-11)19-14-16-21-20-15(12-2-3-12)22(16)9-8-18-14/h4-10,12H,2-3H2,1H3,(H,18,19). The van der Waals surface area contributed by atoms with E-state index in [1.165, 1.54) is 12.8 Å². The van der Waals surface area contributed by atoms with Crippen LogP contribution < -0.4 is 5.32 Å². The highest BCUT2D eigenvalue weighted by Gasteiger charge is 2.29. The molecule has 1 aliphatic rings. The number of anilines is 1. The Hall–Kier alpha value is -2.14. The Kier molecular flexibility index (Phi) is 3.22. The van der Waals surface area contributed by atoms with Crippen LogP contribution >= 0.6 is 11.6 Å². The largest absolute Gasteiger partial charge is 0.360 e. The Morgan fingerprint density at radius 1 is 1.23 bits per heavy atom. The van der Waals surface area contributed by atoms with Crippen LogP contribution in [-0.4, -0.2) is 19.6 Å². The fourth-order valence-corrected chi connectivity index (χ4v) is 2.73. The lowest BCUT2D eigenvalue weighted by Crippen LogP contribution is -2.09. The van der Waals surface area contributed by atoms with E-state index in [9.17, 15) is 0 Å². The van der Waals surface area contributed by atoms with Gasteiger partial charge in [-0.2, -0.15) is 0 Å². The van der Waals surface area contributed by atoms with Crippen molar-refractivity contribution in [2.75, 3.05) is 5.32 Å². The van der Waals surface area contributed by atoms with Crippen molar-refractivity contribution in [2.45, 2.75) is 31.7 Å². The Balaban J connectivity index is 1.65. The quantitative estimate of drug-likeness (QED) is 0.795. The van der Waals surface area contributed by atoms with E-state index in [-0.39, 0.29) is 6.04 Å². The summed E-state index contributed by atoms with van der Waals surface area (Å²) in [6, 6.07) is 7.92. The lowest BCUT2D eigenvalue weighted by molar-refractivity contribution is 0.868. The number of rotatable bonds is 4. The van der Waals surface area contributed by atoms with Crippen LogP contribution in [0.2, 0.25) is 5.02 Å². The molecule has 2 aromatic heterocycles. The molecule has 0 bridgehead atoms. The van der Waals surface area contributed by atoms with Crippen LogP contribution in [0.4, 0.5) is 5.82 Å². The lowest BCUT2D eigenvalue weighted by atomic mass is 10.1. The molecule has 4 rings (SSSR count). The molecule has 22 heavy (non-hydrogen) atoms. The van der Waals surface area contributed by atoms with Gasteiger partial charge in [-0.25, -0.2) is 4.98 Å². The van der Waals surface area contributed by atoms with E-state index in [4.69, 9.17) is 11.6 Å². The normalized spacial score (nSPS) is 15.9. The molecular formula is C16H16ClN5. The minimum Gasteiger partial charge on any atom is -0.360 e. The van der Waals surface area contributed by atoms with Gasteiger partial charge in [-0.15, -0.1) is 10.2 Å². The highest BCUT2D eigenvalue weighted by atomic mass is 35.5. The first kappa shape index (κ1) is 13.5. The van der Waals surface area contributed by atoms with Gasteiger partial charge in [0.05, 0.1) is 6.04 Å². The monoisotopic (exact) mass is 313 g/mol. The van der Waals surface area contributed by atoms with Gasteiger partial charge in [0.2, 0.25) is 5.65 Å². The van der Waals surface area contributed by atoms with E-state index in [1.807, 2.05) is 34.9 Å². The van der Waals surface area contributed by atoms with Crippen molar-refractivity contribution in [2.24, 2.45) is 0 Å². The van der Waals surface area contributed by atoms with Crippen LogP contribution in [0.15, 0.2) is 36.7 Å². The number of benzene rings is 1. The van der Waals surface area contributed by atoms with Gasteiger partial charge in [0.25, 0.3) is 0 Å². The molecule has 0 spiro atoms. The summed E-state index contributed by atoms with van der Waals surface area (Å²) < 4.78 is 2.04. The first-order valence-electron chi connectivity index (χ1n) is 7.44. The minimum atomic E-state index is 0.108. The second kappa shape index (κ2) is 5.25. The molecule has 1 aliphatic carbocycles. The summed E-state index contributed by atoms with van der Waals surface area (Å²) in [4.78, 5) is 4.42. The van der Waals surface area contributed by atoms with Crippen LogP contribution in [0.5, 0.6) is 0 Å². The summed E-state index contributed by atoms with van der Waals surface area (Å²) >= 11 is 5.94. The zero-order valence-corrected chi connectivity index (χ0v) is 13.0. The zero-order valence-electron chi connectivity index (χ0n) is 12.2. The van der Waals surface area contributed by atoms with E-state index in [1.54, 1.807) is 6.20 Å². The molecule has 0 radical (unpaired) electrons. The molecule has 0 aliphatic heterocycles. The molecule has 112 valence electrons. The first-order valence-corrected chi connectivity index (χ1v) is 7.82. The predicted molar refractivity (Wildman–Crippen MR) is 86.2 cm³/mol. The number of hydrogen-bond donors (Lipinski definition) is 1. The minimum absolute atomic E-state index is 0.108. The summed E-state index contributed by atoms with van der Waals surface area (Å²) in [7, 11) is 0. The average molecular weight is 314 g/mol. The molecule has 5 nitrogen and oxygen atoms in total. The second-order valence-corrected chi connectivity index (χ2v) is 6.16. The molecule has 0 amide bonds. The Labute approximate surface area is 133 Å². The van der Waals surface area contributed by atoms with Gasteiger partial charge in [0.1, 0.15) is 5.82 Å². The van der Waals surface area contributed by atoms with E-state index >= 15 is 0 Å². The molecule has 3 aromatic rings. The molecule has 1 aromatic carbocycles. The van der Waals surface area contributed by atoms with Gasteiger partial charge in [0, 0.05) is 23.3 Å². The summed E-state index contributed by atoms with van der Waals surface area (Å²) in [6.07, 6.45) is 6.13. The van der Waals surface area contributed by atoms with Crippen LogP contribution in [0, 0.1) is 0 Å². The fraction of sp³-hybridized carbons (Fsp3) is 0.312. The number of fused-ring (bicyclic) bond motifs is 1. The second-order valence-electron chi connectivity index (χ2n) is 5.72. The van der Waals surface area contributed by atoms with Crippen LogP contribution in [0.25, 0.3) is 5.65 Å². The zero-order chi connectivity index (χ0) is 15.1. The third kappa shape index (κ3) is 2.41. The molecule has 1 atom stereocenters. The number of halogens is 1. The fourth-order valence-electron chi connectivity index (χ4n) is 2.61. The summed E-state index contributed by atoms with van der Waals surface area (Å²) in [6.45, 7) is 2.09. The Morgan fingerprint density at radius 3 is 2.73 bits per heavy atom. The molecule has 6 heteroatoms. The lowest BCUT2D eigenvalue weighted by Gasteiger charge is -2.15. The van der Waals surface area contributed by atoms with Crippen molar-refractivity contribution in [1.29, 1.82) is 0 Å². The number of nitrogens with one attached hydrogen (secondary N) is 1. The maximum absolute atomic E-state index is 5.94. The van der Waals surface area contributed by atoms with Crippen LogP contribution in [-0.2, 0) is 0 Å². The van der Waals surface area contributed by atoms with Crippen molar-refractivity contribution < 1.29 is 0 Å². The highest BCUT2D eigenvalue weighted by molar-refractivity contribution is 6.30. The van der Waals surface area contributed by atoms with Gasteiger partial charge >= 0.3 is 0 Å². The van der Waals surface area contributed by atoms with Gasteiger partial charge in [-0.3, -0.25) is 4.40 Å². The van der Waals surface area contributed by atoms with Crippen LogP contribution in [0.1, 0.15) is 43.1 Å². The van der Waals surface area contributed by atoms with E-state index < -0.39 is 0 Å². The topological polar surface area (TPSA) is 55.1 Å². The SMILES string of the molecule is CC(Nc1nccn2c(C3CC3)nnc12)c1ccc(Cl)cc1. The average Bonchev–Trinajstić information content (AvgIpc) is 3.27. The van der Waals surface area contributed by atoms with Gasteiger partial charge < -0.3 is 5.32 Å². The molecule has 2 heterocycles. The Bertz CT molecular complexity index is 807. The molecule has 1 N–H and O–H groups in total. The van der Waals surface area contributed by atoms with Gasteiger partial charge in [-0.05, 0) is 37.5 Å². The molecular weight excluding hydrogens is 298 g/mol. The maximum Gasteiger partial charge on any atom is 0.203 e. The smallest absolute Gasteiger partial charge is 0.203 e. The highest BCUT2D eigenvalue weighted by Crippen LogP contribution is 2.39. The molecule has 0 saturated heterocycles. The van der Waals surface area contributed by atoms with E-state index in [0.29, 0.717) is 5.92 Å². The summed E-state index contributed by atoms with van der Waals surface area (Å²) in [5.41, 5.74) is 1.93. The van der Waals surface area contributed by atoms with Gasteiger partial charge in [0.15, 0.2) is 5.82 Å². The van der Waals surface area contributed by atoms with Crippen molar-refractivity contribution in [3.05, 3.63) is 53.1 Å². The van der Waals surface area contributed by atoms with E-state index in [0.717, 1.165) is 27.9 Å². The maximum atomic E-state index is 5.94. The summed E-state index contributed by atoms with van der Waals surface area (Å²) in [5.74, 6) is 2.35. The predicted octanol–water partition coefficient (Wildman–Crippen LogP) is 3.83. The molecule has 1 saturated carbocycles. The van der Waals surface area contributed by atoms with Crippen molar-refractivity contribution >= 4 is 23.1 Å². The van der Waals surface area contributed by atoms with Gasteiger partial charge in [-0.1, -0.05) is 23.7 Å². The van der Waals surface area contributed by atoms with Crippen molar-refractivity contribution in [3.63, 3.8) is 0 Å². The third-order valence-corrected chi connectivity index (χ3v) is 4.27. The number of hydrogen-bond acceptors (Lipinski definition) is 4. The first-order chi connectivity index (χ1) is 10.7. The third-order valence-electron chi connectivity index (χ3n) is 4.02. The molecule has 1 fully saturated rings. The van der Waals surface area contributed by atoms with Crippen molar-refractivity contribution in [3.8, 4) is 0 Å². The summed E-state index contributed by atoms with van der Waals surface area (Å²) in [5, 5.41) is 12.8. The number of aromatic nitrogens is 4. The Morgan fingerprint density at radius 2 is 2.00 bits per heavy atom. The van der Waals surface area contributed by atoms with Crippen LogP contribution in [0.3, 0.4) is 0 Å².